The van der Waals surface area contributed by atoms with Gasteiger partial charge in [-0.3, -0.25) is 9.48 Å². The third-order valence-corrected chi connectivity index (χ3v) is 4.72. The van der Waals surface area contributed by atoms with Crippen LogP contribution < -0.4 is 5.32 Å². The van der Waals surface area contributed by atoms with Crippen LogP contribution >= 0.6 is 0 Å². The first-order valence-corrected chi connectivity index (χ1v) is 8.35. The number of carbonyl (C=O) groups excluding carboxylic acids is 1. The second-order valence-corrected chi connectivity index (χ2v) is 6.27. The molecule has 0 bridgehead atoms. The molecule has 3 aromatic rings. The van der Waals surface area contributed by atoms with Crippen molar-refractivity contribution in [3.63, 3.8) is 0 Å². The summed E-state index contributed by atoms with van der Waals surface area (Å²) in [6.07, 6.45) is 5.77. The second-order valence-electron chi connectivity index (χ2n) is 6.27. The minimum atomic E-state index is -0.325. The SMILES string of the molecule is Cc1c(-c2ccnc3cc(C(=O)NC4=C(C#N)CCC4)nn23)cnn1C. The molecule has 4 rings (SSSR count). The van der Waals surface area contributed by atoms with Gasteiger partial charge in [0.2, 0.25) is 0 Å². The third-order valence-electron chi connectivity index (χ3n) is 4.72. The lowest BCUT2D eigenvalue weighted by atomic mass is 10.2. The maximum absolute atomic E-state index is 12.6. The number of rotatable bonds is 3. The Hall–Kier alpha value is -3.47. The van der Waals surface area contributed by atoms with Gasteiger partial charge in [0.1, 0.15) is 0 Å². The molecule has 8 nitrogen and oxygen atoms in total. The molecule has 1 amide bonds. The van der Waals surface area contributed by atoms with E-state index in [1.165, 1.54) is 0 Å². The molecule has 1 aliphatic rings. The van der Waals surface area contributed by atoms with E-state index >= 15 is 0 Å². The Morgan fingerprint density at radius 1 is 1.38 bits per heavy atom. The fraction of sp³-hybridized carbons (Fsp3) is 0.278. The zero-order valence-corrected chi connectivity index (χ0v) is 14.5. The van der Waals surface area contributed by atoms with Crippen LogP contribution in [0.5, 0.6) is 0 Å². The topological polar surface area (TPSA) is 101 Å². The van der Waals surface area contributed by atoms with Gasteiger partial charge in [-0.25, -0.2) is 9.50 Å². The summed E-state index contributed by atoms with van der Waals surface area (Å²) in [5.41, 5.74) is 4.93. The predicted molar refractivity (Wildman–Crippen MR) is 93.9 cm³/mol. The number of carbonyl (C=O) groups is 1. The van der Waals surface area contributed by atoms with Gasteiger partial charge >= 0.3 is 0 Å². The van der Waals surface area contributed by atoms with Crippen LogP contribution in [0.15, 0.2) is 35.8 Å². The van der Waals surface area contributed by atoms with Gasteiger partial charge in [0.15, 0.2) is 11.3 Å². The van der Waals surface area contributed by atoms with Crippen molar-refractivity contribution in [2.24, 2.45) is 7.05 Å². The standard InChI is InChI=1S/C18H17N7O/c1-11-13(10-21-24(11)2)16-6-7-20-17-8-15(23-25(16)17)18(26)22-14-5-3-4-12(14)9-19/h6-8,10H,3-5H2,1-2H3,(H,22,26). The number of aromatic nitrogens is 5. The Bertz CT molecular complexity index is 1100. The zero-order chi connectivity index (χ0) is 18.3. The van der Waals surface area contributed by atoms with Crippen LogP contribution in [-0.2, 0) is 7.05 Å². The third kappa shape index (κ3) is 2.54. The fourth-order valence-corrected chi connectivity index (χ4v) is 3.17. The number of allylic oxidation sites excluding steroid dienone is 2. The molecule has 0 saturated carbocycles. The molecule has 0 unspecified atom stereocenters. The lowest BCUT2D eigenvalue weighted by molar-refractivity contribution is 0.0959. The highest BCUT2D eigenvalue weighted by molar-refractivity contribution is 5.94. The van der Waals surface area contributed by atoms with Crippen molar-refractivity contribution in [3.05, 3.63) is 47.2 Å². The number of hydrogen-bond acceptors (Lipinski definition) is 5. The lowest BCUT2D eigenvalue weighted by Crippen LogP contribution is -2.23. The van der Waals surface area contributed by atoms with Crippen molar-refractivity contribution < 1.29 is 4.79 Å². The minimum Gasteiger partial charge on any atom is -0.323 e. The van der Waals surface area contributed by atoms with E-state index in [0.29, 0.717) is 29.8 Å². The van der Waals surface area contributed by atoms with E-state index in [4.69, 9.17) is 5.26 Å². The van der Waals surface area contributed by atoms with E-state index in [9.17, 15) is 4.79 Å². The molecule has 130 valence electrons. The van der Waals surface area contributed by atoms with Crippen LogP contribution in [0.2, 0.25) is 0 Å². The van der Waals surface area contributed by atoms with Crippen LogP contribution in [0.3, 0.4) is 0 Å². The van der Waals surface area contributed by atoms with E-state index < -0.39 is 0 Å². The number of nitrogens with one attached hydrogen (secondary N) is 1. The molecular formula is C18H17N7O. The first-order chi connectivity index (χ1) is 12.6. The summed E-state index contributed by atoms with van der Waals surface area (Å²) < 4.78 is 3.43. The summed E-state index contributed by atoms with van der Waals surface area (Å²) in [6.45, 7) is 1.97. The average molecular weight is 347 g/mol. The Kier molecular flexibility index (Phi) is 3.77. The zero-order valence-electron chi connectivity index (χ0n) is 14.5. The summed E-state index contributed by atoms with van der Waals surface area (Å²) in [4.78, 5) is 16.9. The van der Waals surface area contributed by atoms with Gasteiger partial charge in [-0.2, -0.15) is 15.5 Å². The molecule has 0 spiro atoms. The van der Waals surface area contributed by atoms with Crippen LogP contribution in [0.25, 0.3) is 16.9 Å². The molecule has 3 aromatic heterocycles. The number of hydrogen-bond donors (Lipinski definition) is 1. The number of amides is 1. The second kappa shape index (κ2) is 6.11. The van der Waals surface area contributed by atoms with Gasteiger partial charge in [-0.05, 0) is 32.3 Å². The maximum Gasteiger partial charge on any atom is 0.276 e. The van der Waals surface area contributed by atoms with Gasteiger partial charge in [0.05, 0.1) is 18.0 Å². The summed E-state index contributed by atoms with van der Waals surface area (Å²) in [5.74, 6) is -0.325. The molecule has 1 N–H and O–H groups in total. The molecular weight excluding hydrogens is 330 g/mol. The van der Waals surface area contributed by atoms with Crippen LogP contribution in [-0.4, -0.2) is 30.3 Å². The molecule has 8 heteroatoms. The van der Waals surface area contributed by atoms with E-state index in [2.05, 4.69) is 26.6 Å². The van der Waals surface area contributed by atoms with Crippen molar-refractivity contribution in [1.29, 1.82) is 5.26 Å². The molecule has 0 fully saturated rings. The molecule has 1 aliphatic carbocycles. The largest absolute Gasteiger partial charge is 0.323 e. The summed E-state index contributed by atoms with van der Waals surface area (Å²) >= 11 is 0. The van der Waals surface area contributed by atoms with E-state index in [1.807, 2.05) is 20.0 Å². The van der Waals surface area contributed by atoms with Crippen LogP contribution in [0, 0.1) is 18.3 Å². The minimum absolute atomic E-state index is 0.267. The average Bonchev–Trinajstić information content (AvgIpc) is 3.34. The van der Waals surface area contributed by atoms with E-state index in [-0.39, 0.29) is 11.6 Å². The number of nitriles is 1. The van der Waals surface area contributed by atoms with Gasteiger partial charge < -0.3 is 5.32 Å². The van der Waals surface area contributed by atoms with Crippen LogP contribution in [0.1, 0.15) is 35.4 Å². The highest BCUT2D eigenvalue weighted by Gasteiger charge is 2.20. The van der Waals surface area contributed by atoms with Crippen molar-refractivity contribution in [2.45, 2.75) is 26.2 Å². The van der Waals surface area contributed by atoms with Crippen LogP contribution in [0.4, 0.5) is 0 Å². The predicted octanol–water partition coefficient (Wildman–Crippen LogP) is 2.13. The van der Waals surface area contributed by atoms with Gasteiger partial charge in [-0.15, -0.1) is 0 Å². The Morgan fingerprint density at radius 2 is 2.23 bits per heavy atom. The quantitative estimate of drug-likeness (QED) is 0.782. The van der Waals surface area contributed by atoms with Gasteiger partial charge in [0.25, 0.3) is 5.91 Å². The van der Waals surface area contributed by atoms with Crippen molar-refractivity contribution in [2.75, 3.05) is 0 Å². The van der Waals surface area contributed by atoms with E-state index in [0.717, 1.165) is 23.4 Å². The monoisotopic (exact) mass is 347 g/mol. The fourth-order valence-electron chi connectivity index (χ4n) is 3.17. The highest BCUT2D eigenvalue weighted by Crippen LogP contribution is 2.25. The molecule has 0 aliphatic heterocycles. The summed E-state index contributed by atoms with van der Waals surface area (Å²) in [7, 11) is 1.88. The molecule has 3 heterocycles. The van der Waals surface area contributed by atoms with Crippen molar-refractivity contribution >= 4 is 11.6 Å². The lowest BCUT2D eigenvalue weighted by Gasteiger charge is -2.04. The van der Waals surface area contributed by atoms with E-state index in [1.54, 1.807) is 27.7 Å². The van der Waals surface area contributed by atoms with Crippen molar-refractivity contribution in [1.82, 2.24) is 29.7 Å². The van der Waals surface area contributed by atoms with Gasteiger partial charge in [0, 0.05) is 41.8 Å². The first-order valence-electron chi connectivity index (χ1n) is 8.35. The highest BCUT2D eigenvalue weighted by atomic mass is 16.2. The molecule has 0 saturated heterocycles. The molecule has 26 heavy (non-hydrogen) atoms. The number of nitrogens with zero attached hydrogens (tertiary/aromatic N) is 6. The Labute approximate surface area is 149 Å². The van der Waals surface area contributed by atoms with Crippen molar-refractivity contribution in [3.8, 4) is 17.3 Å². The number of aryl methyl sites for hydroxylation is 1. The molecule has 0 aromatic carbocycles. The maximum atomic E-state index is 12.6. The normalized spacial score (nSPS) is 14.0. The Balaban J connectivity index is 1.73. The van der Waals surface area contributed by atoms with Gasteiger partial charge in [-0.1, -0.05) is 0 Å². The first kappa shape index (κ1) is 16.0. The smallest absolute Gasteiger partial charge is 0.276 e. The summed E-state index contributed by atoms with van der Waals surface area (Å²) in [6, 6.07) is 5.65. The summed E-state index contributed by atoms with van der Waals surface area (Å²) in [5, 5.41) is 20.7. The Morgan fingerprint density at radius 3 is 2.96 bits per heavy atom. The molecule has 0 atom stereocenters. The number of fused-ring (bicyclic) bond motifs is 1. The molecule has 0 radical (unpaired) electrons.